The van der Waals surface area contributed by atoms with Crippen LogP contribution in [0.15, 0.2) is 24.3 Å². The summed E-state index contributed by atoms with van der Waals surface area (Å²) in [7, 11) is 1.62. The van der Waals surface area contributed by atoms with Gasteiger partial charge < -0.3 is 10.6 Å². The molecule has 0 radical (unpaired) electrons. The number of carbonyl (C=O) groups is 1. The van der Waals surface area contributed by atoms with Crippen molar-refractivity contribution in [3.63, 3.8) is 0 Å². The second kappa shape index (κ2) is 5.71. The van der Waals surface area contributed by atoms with Crippen molar-refractivity contribution < 1.29 is 4.79 Å². The molecule has 3 nitrogen and oxygen atoms in total. The number of hydrogen-bond donors (Lipinski definition) is 2. The number of hydrogen-bond acceptors (Lipinski definition) is 1. The van der Waals surface area contributed by atoms with E-state index in [4.69, 9.17) is 0 Å². The van der Waals surface area contributed by atoms with E-state index >= 15 is 0 Å². The lowest BCUT2D eigenvalue weighted by molar-refractivity contribution is 0.254. The van der Waals surface area contributed by atoms with Crippen molar-refractivity contribution in [3.05, 3.63) is 29.8 Å². The lowest BCUT2D eigenvalue weighted by Gasteiger charge is -2.22. The Morgan fingerprint density at radius 1 is 1.12 bits per heavy atom. The van der Waals surface area contributed by atoms with E-state index in [1.54, 1.807) is 7.05 Å². The van der Waals surface area contributed by atoms with Crippen LogP contribution in [0.4, 0.5) is 10.5 Å². The van der Waals surface area contributed by atoms with Crippen LogP contribution in [-0.4, -0.2) is 13.1 Å². The van der Waals surface area contributed by atoms with Crippen LogP contribution in [0, 0.1) is 0 Å². The van der Waals surface area contributed by atoms with Crippen molar-refractivity contribution in [1.82, 2.24) is 5.32 Å². The fraction of sp³-hybridized carbons (Fsp3) is 0.500. The number of benzene rings is 1. The van der Waals surface area contributed by atoms with Gasteiger partial charge in [-0.05, 0) is 36.5 Å². The summed E-state index contributed by atoms with van der Waals surface area (Å²) < 4.78 is 0. The average Bonchev–Trinajstić information content (AvgIpc) is 2.40. The highest BCUT2D eigenvalue weighted by molar-refractivity contribution is 5.88. The van der Waals surface area contributed by atoms with Crippen LogP contribution < -0.4 is 10.6 Å². The summed E-state index contributed by atoms with van der Waals surface area (Å²) >= 11 is 0. The minimum absolute atomic E-state index is 0.171. The molecule has 0 aromatic heterocycles. The Balaban J connectivity index is 1.99. The minimum atomic E-state index is -0.171. The van der Waals surface area contributed by atoms with Gasteiger partial charge in [0.05, 0.1) is 0 Å². The van der Waals surface area contributed by atoms with Crippen molar-refractivity contribution in [2.75, 3.05) is 12.4 Å². The molecule has 1 aliphatic carbocycles. The highest BCUT2D eigenvalue weighted by atomic mass is 16.2. The van der Waals surface area contributed by atoms with E-state index in [2.05, 4.69) is 22.8 Å². The van der Waals surface area contributed by atoms with E-state index in [-0.39, 0.29) is 6.03 Å². The Bertz CT molecular complexity index is 366. The molecule has 3 heteroatoms. The van der Waals surface area contributed by atoms with Gasteiger partial charge in [0.25, 0.3) is 0 Å². The monoisotopic (exact) mass is 232 g/mol. The van der Waals surface area contributed by atoms with E-state index in [9.17, 15) is 4.79 Å². The molecule has 1 aliphatic rings. The molecule has 0 atom stereocenters. The zero-order valence-corrected chi connectivity index (χ0v) is 10.3. The van der Waals surface area contributed by atoms with Crippen LogP contribution in [0.1, 0.15) is 43.6 Å². The lowest BCUT2D eigenvalue weighted by atomic mass is 9.84. The fourth-order valence-electron chi connectivity index (χ4n) is 2.47. The largest absolute Gasteiger partial charge is 0.341 e. The molecule has 2 N–H and O–H groups in total. The van der Waals surface area contributed by atoms with Gasteiger partial charge in [-0.25, -0.2) is 4.79 Å². The van der Waals surface area contributed by atoms with E-state index < -0.39 is 0 Å². The zero-order valence-electron chi connectivity index (χ0n) is 10.3. The molecule has 0 heterocycles. The van der Waals surface area contributed by atoms with Gasteiger partial charge in [-0.3, -0.25) is 0 Å². The third-order valence-corrected chi connectivity index (χ3v) is 3.47. The molecule has 1 saturated carbocycles. The number of rotatable bonds is 2. The molecule has 2 rings (SSSR count). The third-order valence-electron chi connectivity index (χ3n) is 3.47. The van der Waals surface area contributed by atoms with E-state index in [1.807, 2.05) is 12.1 Å². The van der Waals surface area contributed by atoms with Crippen LogP contribution in [-0.2, 0) is 0 Å². The Kier molecular flexibility index (Phi) is 4.02. The number of nitrogens with one attached hydrogen (secondary N) is 2. The average molecular weight is 232 g/mol. The summed E-state index contributed by atoms with van der Waals surface area (Å²) in [6.45, 7) is 0. The molecule has 0 bridgehead atoms. The molecule has 0 spiro atoms. The van der Waals surface area contributed by atoms with E-state index in [0.29, 0.717) is 0 Å². The van der Waals surface area contributed by atoms with E-state index in [0.717, 1.165) is 11.6 Å². The fourth-order valence-corrected chi connectivity index (χ4v) is 2.47. The second-order valence-electron chi connectivity index (χ2n) is 4.66. The van der Waals surface area contributed by atoms with Crippen molar-refractivity contribution in [1.29, 1.82) is 0 Å². The van der Waals surface area contributed by atoms with Gasteiger partial charge in [0.1, 0.15) is 0 Å². The molecule has 17 heavy (non-hydrogen) atoms. The van der Waals surface area contributed by atoms with Crippen molar-refractivity contribution >= 4 is 11.7 Å². The maximum absolute atomic E-state index is 11.1. The summed E-state index contributed by atoms with van der Waals surface area (Å²) in [5.74, 6) is 0.720. The van der Waals surface area contributed by atoms with Gasteiger partial charge >= 0.3 is 6.03 Å². The number of urea groups is 1. The van der Waals surface area contributed by atoms with Gasteiger partial charge in [-0.2, -0.15) is 0 Å². The lowest BCUT2D eigenvalue weighted by Crippen LogP contribution is -2.24. The zero-order chi connectivity index (χ0) is 12.1. The van der Waals surface area contributed by atoms with Crippen LogP contribution in [0.3, 0.4) is 0 Å². The van der Waals surface area contributed by atoms with Crippen LogP contribution in [0.5, 0.6) is 0 Å². The molecule has 0 unspecified atom stereocenters. The first kappa shape index (κ1) is 12.0. The van der Waals surface area contributed by atoms with Gasteiger partial charge in [0.2, 0.25) is 0 Å². The maximum Gasteiger partial charge on any atom is 0.318 e. The predicted molar refractivity (Wildman–Crippen MR) is 70.3 cm³/mol. The van der Waals surface area contributed by atoms with Crippen molar-refractivity contribution in [2.45, 2.75) is 38.0 Å². The van der Waals surface area contributed by atoms with Gasteiger partial charge in [-0.1, -0.05) is 31.4 Å². The minimum Gasteiger partial charge on any atom is -0.341 e. The Labute approximate surface area is 103 Å². The quantitative estimate of drug-likeness (QED) is 0.805. The smallest absolute Gasteiger partial charge is 0.318 e. The molecule has 0 saturated heterocycles. The standard InChI is InChI=1S/C14H20N2O/c1-15-14(17)16-13-9-7-12(8-10-13)11-5-3-2-4-6-11/h7-11H,2-6H2,1H3,(H2,15,16,17). The Morgan fingerprint density at radius 2 is 1.76 bits per heavy atom. The molecule has 1 fully saturated rings. The van der Waals surface area contributed by atoms with Crippen LogP contribution in [0.2, 0.25) is 0 Å². The highest BCUT2D eigenvalue weighted by Crippen LogP contribution is 2.32. The van der Waals surface area contributed by atoms with Gasteiger partial charge in [-0.15, -0.1) is 0 Å². The first-order valence-electron chi connectivity index (χ1n) is 6.38. The van der Waals surface area contributed by atoms with E-state index in [1.165, 1.54) is 37.7 Å². The molecule has 2 amide bonds. The van der Waals surface area contributed by atoms with Crippen LogP contribution in [0.25, 0.3) is 0 Å². The SMILES string of the molecule is CNC(=O)Nc1ccc(C2CCCCC2)cc1. The summed E-state index contributed by atoms with van der Waals surface area (Å²) in [5, 5.41) is 5.31. The molecular weight excluding hydrogens is 212 g/mol. The molecule has 92 valence electrons. The van der Waals surface area contributed by atoms with Gasteiger partial charge in [0.15, 0.2) is 0 Å². The third kappa shape index (κ3) is 3.22. The predicted octanol–water partition coefficient (Wildman–Crippen LogP) is 3.49. The second-order valence-corrected chi connectivity index (χ2v) is 4.66. The summed E-state index contributed by atoms with van der Waals surface area (Å²) in [4.78, 5) is 11.1. The van der Waals surface area contributed by atoms with Crippen molar-refractivity contribution in [2.24, 2.45) is 0 Å². The normalized spacial score (nSPS) is 16.5. The first-order chi connectivity index (χ1) is 8.29. The first-order valence-corrected chi connectivity index (χ1v) is 6.38. The topological polar surface area (TPSA) is 41.1 Å². The summed E-state index contributed by atoms with van der Waals surface area (Å²) in [6, 6.07) is 8.08. The highest BCUT2D eigenvalue weighted by Gasteiger charge is 2.15. The molecule has 0 aliphatic heterocycles. The van der Waals surface area contributed by atoms with Crippen molar-refractivity contribution in [3.8, 4) is 0 Å². The van der Waals surface area contributed by atoms with Gasteiger partial charge in [0, 0.05) is 12.7 Å². The molecular formula is C14H20N2O. The summed E-state index contributed by atoms with van der Waals surface area (Å²) in [6.07, 6.45) is 6.70. The number of carbonyl (C=O) groups excluding carboxylic acids is 1. The Hall–Kier alpha value is -1.51. The molecule has 1 aromatic carbocycles. The number of amides is 2. The summed E-state index contributed by atoms with van der Waals surface area (Å²) in [5.41, 5.74) is 2.26. The van der Waals surface area contributed by atoms with Crippen LogP contribution >= 0.6 is 0 Å². The molecule has 1 aromatic rings. The number of anilines is 1. The Morgan fingerprint density at radius 3 is 2.35 bits per heavy atom. The maximum atomic E-state index is 11.1.